The van der Waals surface area contributed by atoms with Gasteiger partial charge >= 0.3 is 0 Å². The highest BCUT2D eigenvalue weighted by Gasteiger charge is 2.30. The lowest BCUT2D eigenvalue weighted by atomic mass is 9.92. The van der Waals surface area contributed by atoms with Gasteiger partial charge in [-0.3, -0.25) is 0 Å². The van der Waals surface area contributed by atoms with Crippen LogP contribution >= 0.6 is 15.9 Å². The van der Waals surface area contributed by atoms with Crippen LogP contribution < -0.4 is 14.8 Å². The molecular formula is C16H24BrNO2. The van der Waals surface area contributed by atoms with Gasteiger partial charge in [-0.25, -0.2) is 0 Å². The van der Waals surface area contributed by atoms with Crippen molar-refractivity contribution >= 4 is 15.9 Å². The molecule has 0 radical (unpaired) electrons. The Morgan fingerprint density at radius 2 is 1.90 bits per heavy atom. The second-order valence-corrected chi connectivity index (χ2v) is 7.14. The molecule has 1 aromatic rings. The second kappa shape index (κ2) is 6.35. The van der Waals surface area contributed by atoms with Gasteiger partial charge in [0.05, 0.1) is 14.2 Å². The van der Waals surface area contributed by atoms with Crippen molar-refractivity contribution in [2.75, 3.05) is 14.2 Å². The summed E-state index contributed by atoms with van der Waals surface area (Å²) in [6.45, 7) is 5.55. The van der Waals surface area contributed by atoms with Crippen LogP contribution in [0.1, 0.15) is 38.7 Å². The Kier molecular flexibility index (Phi) is 4.97. The summed E-state index contributed by atoms with van der Waals surface area (Å²) < 4.78 is 11.7. The van der Waals surface area contributed by atoms with E-state index in [4.69, 9.17) is 9.47 Å². The molecule has 1 saturated carbocycles. The van der Waals surface area contributed by atoms with Crippen LogP contribution in [0.4, 0.5) is 0 Å². The zero-order valence-electron chi connectivity index (χ0n) is 12.8. The van der Waals surface area contributed by atoms with Gasteiger partial charge in [0.2, 0.25) is 0 Å². The molecule has 0 aromatic heterocycles. The van der Waals surface area contributed by atoms with Crippen LogP contribution in [0.15, 0.2) is 16.6 Å². The van der Waals surface area contributed by atoms with Gasteiger partial charge in [0.15, 0.2) is 11.5 Å². The fraction of sp³-hybridized carbons (Fsp3) is 0.625. The fourth-order valence-corrected chi connectivity index (χ4v) is 3.36. The van der Waals surface area contributed by atoms with Gasteiger partial charge in [0.1, 0.15) is 0 Å². The molecule has 1 aromatic carbocycles. The number of benzene rings is 1. The Morgan fingerprint density at radius 3 is 2.45 bits per heavy atom. The summed E-state index contributed by atoms with van der Waals surface area (Å²) >= 11 is 3.61. The molecule has 0 saturated heterocycles. The number of hydrogen-bond acceptors (Lipinski definition) is 3. The van der Waals surface area contributed by atoms with Crippen molar-refractivity contribution in [1.29, 1.82) is 0 Å². The van der Waals surface area contributed by atoms with E-state index in [0.717, 1.165) is 22.5 Å². The second-order valence-electron chi connectivity index (χ2n) is 6.28. The van der Waals surface area contributed by atoms with E-state index >= 15 is 0 Å². The average molecular weight is 342 g/mol. The predicted octanol–water partition coefficient (Wildman–Crippen LogP) is 4.13. The van der Waals surface area contributed by atoms with Gasteiger partial charge in [-0.1, -0.05) is 29.8 Å². The van der Waals surface area contributed by atoms with Crippen LogP contribution in [0.5, 0.6) is 11.5 Å². The summed E-state index contributed by atoms with van der Waals surface area (Å²) in [5, 5.41) is 3.66. The van der Waals surface area contributed by atoms with E-state index in [9.17, 15) is 0 Å². The molecule has 1 atom stereocenters. The number of rotatable bonds is 5. The summed E-state index contributed by atoms with van der Waals surface area (Å²) in [7, 11) is 3.32. The van der Waals surface area contributed by atoms with Gasteiger partial charge in [-0.15, -0.1) is 0 Å². The minimum absolute atomic E-state index is 0.479. The first-order valence-electron chi connectivity index (χ1n) is 7.09. The minimum Gasteiger partial charge on any atom is -0.493 e. The summed E-state index contributed by atoms with van der Waals surface area (Å²) in [6.07, 6.45) is 3.81. The average Bonchev–Trinajstić information content (AvgIpc) is 2.76. The molecule has 1 N–H and O–H groups in total. The van der Waals surface area contributed by atoms with Crippen LogP contribution in [0.3, 0.4) is 0 Å². The van der Waals surface area contributed by atoms with Crippen LogP contribution in [0.2, 0.25) is 0 Å². The van der Waals surface area contributed by atoms with E-state index < -0.39 is 0 Å². The lowest BCUT2D eigenvalue weighted by Gasteiger charge is -2.18. The zero-order chi connectivity index (χ0) is 14.8. The summed E-state index contributed by atoms with van der Waals surface area (Å²) in [5.74, 6) is 1.53. The molecule has 4 heteroatoms. The third-order valence-electron chi connectivity index (χ3n) is 4.10. The number of ether oxygens (including phenoxy) is 2. The summed E-state index contributed by atoms with van der Waals surface area (Å²) in [5.41, 5.74) is 1.68. The number of halogens is 1. The fourth-order valence-electron chi connectivity index (χ4n) is 2.90. The lowest BCUT2D eigenvalue weighted by Crippen LogP contribution is -2.27. The molecule has 3 nitrogen and oxygen atoms in total. The maximum Gasteiger partial charge on any atom is 0.161 e. The maximum atomic E-state index is 5.36. The molecule has 1 unspecified atom stereocenters. The van der Waals surface area contributed by atoms with Crippen LogP contribution in [0, 0.1) is 5.41 Å². The Morgan fingerprint density at radius 1 is 1.25 bits per heavy atom. The molecule has 112 valence electrons. The van der Waals surface area contributed by atoms with Crippen molar-refractivity contribution in [3.05, 3.63) is 22.2 Å². The molecule has 0 aliphatic heterocycles. The Labute approximate surface area is 130 Å². The summed E-state index contributed by atoms with van der Waals surface area (Å²) in [6, 6.07) is 4.62. The Hall–Kier alpha value is -0.740. The Balaban J connectivity index is 2.03. The molecule has 0 amide bonds. The number of nitrogens with one attached hydrogen (secondary N) is 1. The monoisotopic (exact) mass is 341 g/mol. The molecule has 1 fully saturated rings. The van der Waals surface area contributed by atoms with Crippen molar-refractivity contribution in [2.45, 2.75) is 45.7 Å². The highest BCUT2D eigenvalue weighted by Crippen LogP contribution is 2.37. The van der Waals surface area contributed by atoms with E-state index in [2.05, 4.69) is 35.1 Å². The minimum atomic E-state index is 0.479. The standard InChI is InChI=1S/C16H24BrNO2/c1-16(2)6-5-12(9-16)18-10-11-7-14(19-3)15(20-4)8-13(11)17/h7-8,12,18H,5-6,9-10H2,1-4H3. The molecule has 0 bridgehead atoms. The van der Waals surface area contributed by atoms with Crippen molar-refractivity contribution in [2.24, 2.45) is 5.41 Å². The largest absolute Gasteiger partial charge is 0.493 e. The van der Waals surface area contributed by atoms with Crippen molar-refractivity contribution in [3.8, 4) is 11.5 Å². The lowest BCUT2D eigenvalue weighted by molar-refractivity contribution is 0.353. The SMILES string of the molecule is COc1cc(Br)c(CNC2CCC(C)(C)C2)cc1OC. The smallest absolute Gasteiger partial charge is 0.161 e. The van der Waals surface area contributed by atoms with Gasteiger partial charge < -0.3 is 14.8 Å². The maximum absolute atomic E-state index is 5.36. The van der Waals surface area contributed by atoms with Gasteiger partial charge in [-0.2, -0.15) is 0 Å². The first kappa shape index (κ1) is 15.6. The molecule has 1 aliphatic carbocycles. The molecule has 2 rings (SSSR count). The summed E-state index contributed by atoms with van der Waals surface area (Å²) in [4.78, 5) is 0. The molecule has 0 heterocycles. The van der Waals surface area contributed by atoms with E-state index in [1.165, 1.54) is 24.8 Å². The normalized spacial score (nSPS) is 20.9. The van der Waals surface area contributed by atoms with E-state index in [1.807, 2.05) is 12.1 Å². The third-order valence-corrected chi connectivity index (χ3v) is 4.84. The molecule has 20 heavy (non-hydrogen) atoms. The predicted molar refractivity (Wildman–Crippen MR) is 85.5 cm³/mol. The molecule has 1 aliphatic rings. The van der Waals surface area contributed by atoms with E-state index in [0.29, 0.717) is 11.5 Å². The number of hydrogen-bond donors (Lipinski definition) is 1. The zero-order valence-corrected chi connectivity index (χ0v) is 14.3. The Bertz CT molecular complexity index is 474. The van der Waals surface area contributed by atoms with Gasteiger partial charge in [0, 0.05) is 17.1 Å². The third kappa shape index (κ3) is 3.67. The van der Waals surface area contributed by atoms with Crippen LogP contribution in [-0.4, -0.2) is 20.3 Å². The van der Waals surface area contributed by atoms with Gasteiger partial charge in [-0.05, 0) is 42.4 Å². The first-order chi connectivity index (χ1) is 9.45. The van der Waals surface area contributed by atoms with Crippen LogP contribution in [0.25, 0.3) is 0 Å². The molecular weight excluding hydrogens is 318 g/mol. The highest BCUT2D eigenvalue weighted by atomic mass is 79.9. The molecule has 0 spiro atoms. The first-order valence-corrected chi connectivity index (χ1v) is 7.88. The van der Waals surface area contributed by atoms with Crippen molar-refractivity contribution in [1.82, 2.24) is 5.32 Å². The quantitative estimate of drug-likeness (QED) is 0.873. The highest BCUT2D eigenvalue weighted by molar-refractivity contribution is 9.10. The van der Waals surface area contributed by atoms with Crippen LogP contribution in [-0.2, 0) is 6.54 Å². The van der Waals surface area contributed by atoms with Crippen molar-refractivity contribution in [3.63, 3.8) is 0 Å². The van der Waals surface area contributed by atoms with E-state index in [1.54, 1.807) is 14.2 Å². The van der Waals surface area contributed by atoms with Gasteiger partial charge in [0.25, 0.3) is 0 Å². The van der Waals surface area contributed by atoms with E-state index in [-0.39, 0.29) is 0 Å². The number of methoxy groups -OCH3 is 2. The van der Waals surface area contributed by atoms with Crippen molar-refractivity contribution < 1.29 is 9.47 Å². The topological polar surface area (TPSA) is 30.5 Å².